The lowest BCUT2D eigenvalue weighted by Crippen LogP contribution is -2.45. The van der Waals surface area contributed by atoms with Gasteiger partial charge in [-0.3, -0.25) is 0 Å². The van der Waals surface area contributed by atoms with Crippen molar-refractivity contribution in [2.24, 2.45) is 0 Å². The predicted molar refractivity (Wildman–Crippen MR) is 194 cm³/mol. The Morgan fingerprint density at radius 1 is 0.760 bits per heavy atom. The van der Waals surface area contributed by atoms with Gasteiger partial charge in [-0.15, -0.1) is 0 Å². The van der Waals surface area contributed by atoms with E-state index in [9.17, 15) is 9.59 Å². The summed E-state index contributed by atoms with van der Waals surface area (Å²) in [6, 6.07) is 39.5. The van der Waals surface area contributed by atoms with Gasteiger partial charge in [0, 0.05) is 32.5 Å². The zero-order valence-corrected chi connectivity index (χ0v) is 28.9. The van der Waals surface area contributed by atoms with Crippen LogP contribution in [0.1, 0.15) is 37.0 Å². The maximum atomic E-state index is 13.8. The molecule has 50 heavy (non-hydrogen) atoms. The van der Waals surface area contributed by atoms with Crippen LogP contribution in [0.2, 0.25) is 0 Å². The van der Waals surface area contributed by atoms with E-state index >= 15 is 0 Å². The first-order chi connectivity index (χ1) is 24.3. The molecule has 1 fully saturated rings. The zero-order valence-electron chi connectivity index (χ0n) is 28.9. The van der Waals surface area contributed by atoms with Gasteiger partial charge in [0.1, 0.15) is 17.2 Å². The van der Waals surface area contributed by atoms with Gasteiger partial charge >= 0.3 is 12.0 Å². The first-order valence-electron chi connectivity index (χ1n) is 17.1. The minimum Gasteiger partial charge on any atom is -0.497 e. The van der Waals surface area contributed by atoms with Crippen LogP contribution in [0.3, 0.4) is 0 Å². The highest BCUT2D eigenvalue weighted by Gasteiger charge is 2.38. The average molecular weight is 673 g/mol. The maximum Gasteiger partial charge on any atom is 0.350 e. The fourth-order valence-corrected chi connectivity index (χ4v) is 6.42. The molecule has 1 aliphatic heterocycles. The van der Waals surface area contributed by atoms with E-state index in [4.69, 9.17) is 18.9 Å². The van der Waals surface area contributed by atoms with Gasteiger partial charge in [-0.2, -0.15) is 0 Å². The molecule has 0 aromatic heterocycles. The van der Waals surface area contributed by atoms with Crippen LogP contribution in [0.5, 0.6) is 17.2 Å². The zero-order chi connectivity index (χ0) is 34.9. The second kappa shape index (κ2) is 15.8. The monoisotopic (exact) mass is 672 g/mol. The molecule has 0 bridgehead atoms. The number of benzene rings is 5. The van der Waals surface area contributed by atoms with Crippen LogP contribution in [-0.4, -0.2) is 60.3 Å². The lowest BCUT2D eigenvalue weighted by molar-refractivity contribution is -0.160. The number of carbonyl (C=O) groups is 2. The SMILES string of the molecule is CCOC(=O)C(C)(Cc1ccc(OCCC2CN(Cc3ccc4ccccc4c3)C(=O)N2Cc2ccc(OC)cc2)cc1)Oc1ccccc1. The van der Waals surface area contributed by atoms with Crippen molar-refractivity contribution in [3.05, 3.63) is 138 Å². The second-order valence-electron chi connectivity index (χ2n) is 12.8. The summed E-state index contributed by atoms with van der Waals surface area (Å²) < 4.78 is 23.1. The Morgan fingerprint density at radius 2 is 1.42 bits per heavy atom. The second-order valence-corrected chi connectivity index (χ2v) is 12.8. The maximum absolute atomic E-state index is 13.8. The Bertz CT molecular complexity index is 1880. The number of urea groups is 1. The van der Waals surface area contributed by atoms with Gasteiger partial charge in [-0.1, -0.05) is 78.9 Å². The van der Waals surface area contributed by atoms with E-state index in [1.54, 1.807) is 21.0 Å². The molecule has 2 atom stereocenters. The summed E-state index contributed by atoms with van der Waals surface area (Å²) in [5, 5.41) is 2.35. The molecule has 0 aliphatic carbocycles. The van der Waals surface area contributed by atoms with Gasteiger partial charge in [-0.25, -0.2) is 9.59 Å². The lowest BCUT2D eigenvalue weighted by Gasteiger charge is -2.28. The molecule has 2 unspecified atom stereocenters. The van der Waals surface area contributed by atoms with Gasteiger partial charge in [0.25, 0.3) is 0 Å². The third-order valence-corrected chi connectivity index (χ3v) is 9.07. The van der Waals surface area contributed by atoms with Crippen molar-refractivity contribution in [2.75, 3.05) is 26.9 Å². The molecule has 2 amide bonds. The van der Waals surface area contributed by atoms with Gasteiger partial charge in [0.15, 0.2) is 0 Å². The molecule has 0 spiro atoms. The summed E-state index contributed by atoms with van der Waals surface area (Å²) in [7, 11) is 1.65. The molecular formula is C42H44N2O6. The predicted octanol–water partition coefficient (Wildman–Crippen LogP) is 8.07. The largest absolute Gasteiger partial charge is 0.497 e. The quantitative estimate of drug-likeness (QED) is 0.105. The number of amides is 2. The third kappa shape index (κ3) is 8.37. The van der Waals surface area contributed by atoms with E-state index in [0.717, 1.165) is 33.6 Å². The molecular weight excluding hydrogens is 628 g/mol. The molecule has 6 rings (SSSR count). The summed E-state index contributed by atoms with van der Waals surface area (Å²) in [6.07, 6.45) is 1.00. The van der Waals surface area contributed by atoms with E-state index in [2.05, 4.69) is 30.3 Å². The topological polar surface area (TPSA) is 77.5 Å². The summed E-state index contributed by atoms with van der Waals surface area (Å²) in [6.45, 7) is 5.91. The summed E-state index contributed by atoms with van der Waals surface area (Å²) >= 11 is 0. The van der Waals surface area contributed by atoms with Crippen LogP contribution >= 0.6 is 0 Å². The molecule has 258 valence electrons. The van der Waals surface area contributed by atoms with Crippen LogP contribution in [-0.2, 0) is 29.0 Å². The summed E-state index contributed by atoms with van der Waals surface area (Å²) in [4.78, 5) is 30.7. The van der Waals surface area contributed by atoms with E-state index < -0.39 is 11.6 Å². The van der Waals surface area contributed by atoms with E-state index in [1.165, 1.54) is 5.39 Å². The average Bonchev–Trinajstić information content (AvgIpc) is 3.42. The minimum atomic E-state index is -1.19. The van der Waals surface area contributed by atoms with Crippen molar-refractivity contribution in [2.45, 2.75) is 51.4 Å². The van der Waals surface area contributed by atoms with E-state index in [1.807, 2.05) is 101 Å². The number of nitrogens with zero attached hydrogens (tertiary/aromatic N) is 2. The van der Waals surface area contributed by atoms with Crippen LogP contribution in [0, 0.1) is 0 Å². The number of rotatable bonds is 15. The van der Waals surface area contributed by atoms with E-state index in [0.29, 0.717) is 44.8 Å². The third-order valence-electron chi connectivity index (χ3n) is 9.07. The number of ether oxygens (including phenoxy) is 4. The number of hydrogen-bond donors (Lipinski definition) is 0. The molecule has 5 aromatic carbocycles. The highest BCUT2D eigenvalue weighted by atomic mass is 16.6. The summed E-state index contributed by atoms with van der Waals surface area (Å²) in [5.41, 5.74) is 1.87. The smallest absolute Gasteiger partial charge is 0.350 e. The van der Waals surface area contributed by atoms with E-state index in [-0.39, 0.29) is 18.7 Å². The molecule has 0 N–H and O–H groups in total. The van der Waals surface area contributed by atoms with Crippen molar-refractivity contribution in [3.8, 4) is 17.2 Å². The molecule has 8 nitrogen and oxygen atoms in total. The van der Waals surface area contributed by atoms with Crippen LogP contribution in [0.15, 0.2) is 121 Å². The minimum absolute atomic E-state index is 0.0192. The van der Waals surface area contributed by atoms with Gasteiger partial charge in [-0.05, 0) is 83.8 Å². The molecule has 1 saturated heterocycles. The fraction of sp³-hybridized carbons (Fsp3) is 0.286. The van der Waals surface area contributed by atoms with Crippen molar-refractivity contribution < 1.29 is 28.5 Å². The van der Waals surface area contributed by atoms with Crippen molar-refractivity contribution in [1.29, 1.82) is 0 Å². The number of para-hydroxylation sites is 1. The Hall–Kier alpha value is -5.50. The first kappa shape index (κ1) is 34.4. The molecule has 1 aliphatic rings. The Labute approximate surface area is 294 Å². The van der Waals surface area contributed by atoms with Crippen LogP contribution in [0.4, 0.5) is 4.79 Å². The van der Waals surface area contributed by atoms with Gasteiger partial charge < -0.3 is 28.7 Å². The highest BCUT2D eigenvalue weighted by molar-refractivity contribution is 5.83. The fourth-order valence-electron chi connectivity index (χ4n) is 6.42. The molecule has 5 aromatic rings. The lowest BCUT2D eigenvalue weighted by atomic mass is 9.96. The first-order valence-corrected chi connectivity index (χ1v) is 17.1. The van der Waals surface area contributed by atoms with Crippen LogP contribution in [0.25, 0.3) is 10.8 Å². The molecule has 1 heterocycles. The van der Waals surface area contributed by atoms with Gasteiger partial charge in [0.05, 0.1) is 26.4 Å². The Balaban J connectivity index is 1.11. The Morgan fingerprint density at radius 3 is 2.14 bits per heavy atom. The number of hydrogen-bond acceptors (Lipinski definition) is 6. The van der Waals surface area contributed by atoms with Gasteiger partial charge in [0.2, 0.25) is 5.60 Å². The molecule has 8 heteroatoms. The summed E-state index contributed by atoms with van der Waals surface area (Å²) in [5.74, 6) is 1.69. The number of esters is 1. The number of carbonyl (C=O) groups excluding carboxylic acids is 2. The van der Waals surface area contributed by atoms with Crippen molar-refractivity contribution >= 4 is 22.8 Å². The molecule has 0 radical (unpaired) electrons. The molecule has 0 saturated carbocycles. The van der Waals surface area contributed by atoms with Crippen LogP contribution < -0.4 is 14.2 Å². The van der Waals surface area contributed by atoms with Crippen molar-refractivity contribution in [1.82, 2.24) is 9.80 Å². The number of fused-ring (bicyclic) bond motifs is 1. The standard InChI is InChI=1S/C42H44N2O6/c1-4-48-40(45)42(2,50-39-12-6-5-7-13-39)27-31-15-22-38(23-16-31)49-25-24-36-30-43(28-33-14-19-34-10-8-9-11-35(34)26-33)41(46)44(36)29-32-17-20-37(47-3)21-18-32/h5-23,26,36H,4,24-25,27-30H2,1-3H3. The highest BCUT2D eigenvalue weighted by Crippen LogP contribution is 2.28. The number of methoxy groups -OCH3 is 1. The van der Waals surface area contributed by atoms with Crippen molar-refractivity contribution in [3.63, 3.8) is 0 Å². The normalized spacial score (nSPS) is 15.5. The Kier molecular flexibility index (Phi) is 10.9.